The van der Waals surface area contributed by atoms with Gasteiger partial charge in [-0.2, -0.15) is 0 Å². The van der Waals surface area contributed by atoms with Gasteiger partial charge in [0, 0.05) is 49.2 Å². The molecule has 0 saturated carbocycles. The molecule has 1 aliphatic rings. The largest absolute Gasteiger partial charge is 0.385 e. The molecule has 0 fully saturated rings. The van der Waals surface area contributed by atoms with Crippen LogP contribution in [0.1, 0.15) is 52.2 Å². The van der Waals surface area contributed by atoms with Crippen molar-refractivity contribution in [3.63, 3.8) is 0 Å². The van der Waals surface area contributed by atoms with Gasteiger partial charge >= 0.3 is 0 Å². The maximum atomic E-state index is 12.9. The first-order valence-corrected chi connectivity index (χ1v) is 9.69. The molecule has 6 heteroatoms. The zero-order chi connectivity index (χ0) is 19.9. The van der Waals surface area contributed by atoms with E-state index in [9.17, 15) is 9.59 Å². The smallest absolute Gasteiger partial charge is 0.256 e. The fourth-order valence-electron chi connectivity index (χ4n) is 3.38. The van der Waals surface area contributed by atoms with Gasteiger partial charge in [0.25, 0.3) is 11.8 Å². The maximum Gasteiger partial charge on any atom is 0.256 e. The number of ether oxygens (including phenoxy) is 1. The average Bonchev–Trinajstić information content (AvgIpc) is 2.98. The van der Waals surface area contributed by atoms with Gasteiger partial charge in [0.1, 0.15) is 6.17 Å². The third-order valence-corrected chi connectivity index (χ3v) is 4.77. The predicted octanol–water partition coefficient (Wildman–Crippen LogP) is 3.43. The van der Waals surface area contributed by atoms with Crippen molar-refractivity contribution in [1.29, 1.82) is 0 Å². The quantitative estimate of drug-likeness (QED) is 0.653. The van der Waals surface area contributed by atoms with E-state index in [1.165, 1.54) is 0 Å². The third-order valence-electron chi connectivity index (χ3n) is 4.77. The van der Waals surface area contributed by atoms with Crippen LogP contribution in [0.5, 0.6) is 0 Å². The Kier molecular flexibility index (Phi) is 6.66. The number of methoxy groups -OCH3 is 1. The molecule has 6 nitrogen and oxygen atoms in total. The molecule has 28 heavy (non-hydrogen) atoms. The van der Waals surface area contributed by atoms with Gasteiger partial charge in [0.2, 0.25) is 0 Å². The molecule has 1 aliphatic heterocycles. The second-order valence-electron chi connectivity index (χ2n) is 6.82. The molecule has 2 aromatic rings. The third kappa shape index (κ3) is 4.34. The van der Waals surface area contributed by atoms with Crippen LogP contribution >= 0.6 is 0 Å². The number of nitrogens with one attached hydrogen (secondary N) is 2. The molecule has 2 amide bonds. The number of anilines is 1. The Hall–Kier alpha value is -2.86. The highest BCUT2D eigenvalue weighted by Crippen LogP contribution is 2.34. The Morgan fingerprint density at radius 2 is 2.00 bits per heavy atom. The van der Waals surface area contributed by atoms with Crippen LogP contribution < -0.4 is 10.6 Å². The molecule has 0 unspecified atom stereocenters. The molecule has 1 heterocycles. The van der Waals surface area contributed by atoms with E-state index >= 15 is 0 Å². The summed E-state index contributed by atoms with van der Waals surface area (Å²) in [6, 6.07) is 15.0. The fourth-order valence-corrected chi connectivity index (χ4v) is 3.38. The SMILES string of the molecule is CCCNC(=O)c1cccc(N[C@H]2c3ccccc3C(=O)N2CCCOC)c1. The van der Waals surface area contributed by atoms with Crippen LogP contribution in [0.4, 0.5) is 5.69 Å². The van der Waals surface area contributed by atoms with Crippen LogP contribution in [0.2, 0.25) is 0 Å². The van der Waals surface area contributed by atoms with Gasteiger partial charge in [0.05, 0.1) is 0 Å². The van der Waals surface area contributed by atoms with Crippen molar-refractivity contribution in [3.05, 3.63) is 65.2 Å². The van der Waals surface area contributed by atoms with Gasteiger partial charge in [-0.05, 0) is 37.1 Å². The predicted molar refractivity (Wildman–Crippen MR) is 109 cm³/mol. The number of nitrogens with zero attached hydrogens (tertiary/aromatic N) is 1. The van der Waals surface area contributed by atoms with Crippen LogP contribution in [0, 0.1) is 0 Å². The highest BCUT2D eigenvalue weighted by Gasteiger charge is 2.36. The van der Waals surface area contributed by atoms with E-state index in [-0.39, 0.29) is 18.0 Å². The van der Waals surface area contributed by atoms with Gasteiger partial charge in [0.15, 0.2) is 0 Å². The topological polar surface area (TPSA) is 70.7 Å². The van der Waals surface area contributed by atoms with Crippen molar-refractivity contribution in [2.24, 2.45) is 0 Å². The van der Waals surface area contributed by atoms with Crippen molar-refractivity contribution < 1.29 is 14.3 Å². The molecule has 3 rings (SSSR count). The lowest BCUT2D eigenvalue weighted by atomic mass is 10.1. The number of hydrogen-bond acceptors (Lipinski definition) is 4. The van der Waals surface area contributed by atoms with Gasteiger partial charge in [-0.1, -0.05) is 31.2 Å². The summed E-state index contributed by atoms with van der Waals surface area (Å²) in [5.74, 6) is -0.0774. The van der Waals surface area contributed by atoms with E-state index in [1.807, 2.05) is 54.3 Å². The molecule has 0 saturated heterocycles. The molecule has 0 radical (unpaired) electrons. The summed E-state index contributed by atoms with van der Waals surface area (Å²) in [5.41, 5.74) is 3.07. The van der Waals surface area contributed by atoms with Gasteiger partial charge in [-0.25, -0.2) is 0 Å². The number of amides is 2. The zero-order valence-corrected chi connectivity index (χ0v) is 16.4. The monoisotopic (exact) mass is 381 g/mol. The van der Waals surface area contributed by atoms with Crippen LogP contribution in [-0.4, -0.2) is 43.5 Å². The molecule has 2 N–H and O–H groups in total. The van der Waals surface area contributed by atoms with E-state index < -0.39 is 0 Å². The van der Waals surface area contributed by atoms with Crippen molar-refractivity contribution in [1.82, 2.24) is 10.2 Å². The fraction of sp³-hybridized carbons (Fsp3) is 0.364. The van der Waals surface area contributed by atoms with E-state index in [4.69, 9.17) is 4.74 Å². The minimum atomic E-state index is -0.269. The number of fused-ring (bicyclic) bond motifs is 1. The number of rotatable bonds is 9. The summed E-state index contributed by atoms with van der Waals surface area (Å²) in [6.07, 6.45) is 1.38. The minimum absolute atomic E-state index is 0.0149. The van der Waals surface area contributed by atoms with E-state index in [2.05, 4.69) is 10.6 Å². The summed E-state index contributed by atoms with van der Waals surface area (Å²) in [6.45, 7) is 3.86. The second kappa shape index (κ2) is 9.37. The van der Waals surface area contributed by atoms with Gasteiger partial charge < -0.3 is 20.3 Å². The molecule has 148 valence electrons. The second-order valence-corrected chi connectivity index (χ2v) is 6.82. The van der Waals surface area contributed by atoms with Crippen molar-refractivity contribution in [3.8, 4) is 0 Å². The van der Waals surface area contributed by atoms with Crippen LogP contribution in [0.25, 0.3) is 0 Å². The highest BCUT2D eigenvalue weighted by atomic mass is 16.5. The Labute approximate surface area is 165 Å². The summed E-state index contributed by atoms with van der Waals surface area (Å²) in [4.78, 5) is 27.0. The Morgan fingerprint density at radius 1 is 1.18 bits per heavy atom. The molecule has 0 spiro atoms. The van der Waals surface area contributed by atoms with E-state index in [0.29, 0.717) is 30.8 Å². The van der Waals surface area contributed by atoms with Crippen molar-refractivity contribution in [2.75, 3.05) is 32.1 Å². The van der Waals surface area contributed by atoms with Crippen molar-refractivity contribution >= 4 is 17.5 Å². The first-order valence-electron chi connectivity index (χ1n) is 9.69. The Morgan fingerprint density at radius 3 is 2.79 bits per heavy atom. The molecule has 0 aromatic heterocycles. The summed E-state index contributed by atoms with van der Waals surface area (Å²) in [5, 5.41) is 6.33. The molecule has 0 bridgehead atoms. The highest BCUT2D eigenvalue weighted by molar-refractivity contribution is 5.99. The van der Waals surface area contributed by atoms with Gasteiger partial charge in [-0.3, -0.25) is 9.59 Å². The first kappa shape index (κ1) is 19.9. The standard InChI is InChI=1S/C22H27N3O3/c1-3-12-23-21(26)16-8-6-9-17(15-16)24-20-18-10-4-5-11-19(18)22(27)25(20)13-7-14-28-2/h4-6,8-11,15,20,24H,3,7,12-14H2,1-2H3,(H,23,26)/t20-/m1/s1. The molecule has 0 aliphatic carbocycles. The summed E-state index contributed by atoms with van der Waals surface area (Å²) in [7, 11) is 1.66. The molecular formula is C22H27N3O3. The van der Waals surface area contributed by atoms with Gasteiger partial charge in [-0.15, -0.1) is 0 Å². The van der Waals surface area contributed by atoms with Crippen molar-refractivity contribution in [2.45, 2.75) is 25.9 Å². The lowest BCUT2D eigenvalue weighted by Crippen LogP contribution is -2.33. The molecular weight excluding hydrogens is 354 g/mol. The normalized spacial score (nSPS) is 15.4. The average molecular weight is 381 g/mol. The maximum absolute atomic E-state index is 12.9. The Balaban J connectivity index is 1.82. The summed E-state index contributed by atoms with van der Waals surface area (Å²) < 4.78 is 5.14. The number of carbonyl (C=O) groups is 2. The molecule has 1 atom stereocenters. The van der Waals surface area contributed by atoms with E-state index in [0.717, 1.165) is 24.1 Å². The lowest BCUT2D eigenvalue weighted by molar-refractivity contribution is 0.0721. The lowest BCUT2D eigenvalue weighted by Gasteiger charge is -2.27. The van der Waals surface area contributed by atoms with Crippen LogP contribution in [-0.2, 0) is 4.74 Å². The number of hydrogen-bond donors (Lipinski definition) is 2. The minimum Gasteiger partial charge on any atom is -0.385 e. The summed E-state index contributed by atoms with van der Waals surface area (Å²) >= 11 is 0. The number of benzene rings is 2. The van der Waals surface area contributed by atoms with Crippen LogP contribution in [0.15, 0.2) is 48.5 Å². The Bertz CT molecular complexity index is 837. The zero-order valence-electron chi connectivity index (χ0n) is 16.4. The van der Waals surface area contributed by atoms with E-state index in [1.54, 1.807) is 13.2 Å². The number of carbonyl (C=O) groups excluding carboxylic acids is 2. The van der Waals surface area contributed by atoms with Crippen LogP contribution in [0.3, 0.4) is 0 Å². The first-order chi connectivity index (χ1) is 13.7. The molecule has 2 aromatic carbocycles.